The van der Waals surface area contributed by atoms with Crippen molar-refractivity contribution in [1.82, 2.24) is 0 Å². The van der Waals surface area contributed by atoms with Gasteiger partial charge in [0, 0.05) is 11.3 Å². The van der Waals surface area contributed by atoms with E-state index in [9.17, 15) is 13.5 Å². The lowest BCUT2D eigenvalue weighted by molar-refractivity contribution is 0.0511. The zero-order valence-corrected chi connectivity index (χ0v) is 9.98. The molecule has 15 heavy (non-hydrogen) atoms. The average Bonchev–Trinajstić information content (AvgIpc) is 2.52. The molecule has 0 amide bonds. The van der Waals surface area contributed by atoms with Gasteiger partial charge in [0.15, 0.2) is 9.84 Å². The molecule has 1 saturated heterocycles. The van der Waals surface area contributed by atoms with Gasteiger partial charge in [-0.3, -0.25) is 0 Å². The molecule has 0 bridgehead atoms. The largest absolute Gasteiger partial charge is 0.388 e. The molecule has 2 heterocycles. The zero-order chi connectivity index (χ0) is 10.9. The summed E-state index contributed by atoms with van der Waals surface area (Å²) in [5.74, 6) is 0.137. The fraction of sp³-hybridized carbons (Fsp3) is 0.600. The van der Waals surface area contributed by atoms with Crippen LogP contribution in [0.2, 0.25) is 0 Å². The maximum Gasteiger partial charge on any atom is 0.153 e. The van der Waals surface area contributed by atoms with E-state index in [0.717, 1.165) is 4.88 Å². The number of sulfone groups is 1. The van der Waals surface area contributed by atoms with Crippen molar-refractivity contribution in [2.45, 2.75) is 24.9 Å². The molecule has 0 spiro atoms. The van der Waals surface area contributed by atoms with Crippen LogP contribution in [0, 0.1) is 0 Å². The van der Waals surface area contributed by atoms with Crippen molar-refractivity contribution >= 4 is 21.2 Å². The lowest BCUT2D eigenvalue weighted by atomic mass is 9.95. The minimum Gasteiger partial charge on any atom is -0.388 e. The van der Waals surface area contributed by atoms with Crippen LogP contribution in [0.5, 0.6) is 0 Å². The van der Waals surface area contributed by atoms with Crippen molar-refractivity contribution in [3.8, 4) is 0 Å². The Morgan fingerprint density at radius 3 is 2.93 bits per heavy atom. The van der Waals surface area contributed by atoms with E-state index in [1.54, 1.807) is 11.3 Å². The molecular formula is C10H14O3S2. The van der Waals surface area contributed by atoms with Gasteiger partial charge in [0.05, 0.1) is 17.1 Å². The zero-order valence-electron chi connectivity index (χ0n) is 8.35. The van der Waals surface area contributed by atoms with Gasteiger partial charge in [0.25, 0.3) is 0 Å². The molecule has 1 aliphatic rings. The molecular weight excluding hydrogens is 232 g/mol. The molecule has 3 nitrogen and oxygen atoms in total. The topological polar surface area (TPSA) is 54.4 Å². The highest BCUT2D eigenvalue weighted by Crippen LogP contribution is 2.28. The highest BCUT2D eigenvalue weighted by atomic mass is 32.2. The minimum absolute atomic E-state index is 0.0854. The van der Waals surface area contributed by atoms with Crippen LogP contribution in [0.3, 0.4) is 0 Å². The molecule has 0 aliphatic carbocycles. The monoisotopic (exact) mass is 246 g/mol. The third kappa shape index (κ3) is 2.80. The van der Waals surface area contributed by atoms with Crippen molar-refractivity contribution < 1.29 is 13.5 Å². The second kappa shape index (κ2) is 3.88. The number of rotatable bonds is 2. The molecule has 1 atom stereocenters. The molecule has 1 N–H and O–H groups in total. The predicted molar refractivity (Wildman–Crippen MR) is 60.9 cm³/mol. The minimum atomic E-state index is -3.04. The van der Waals surface area contributed by atoms with E-state index in [4.69, 9.17) is 0 Å². The molecule has 1 aromatic rings. The maximum atomic E-state index is 11.4. The van der Waals surface area contributed by atoms with Gasteiger partial charge in [-0.2, -0.15) is 0 Å². The van der Waals surface area contributed by atoms with E-state index < -0.39 is 15.4 Å². The second-order valence-electron chi connectivity index (χ2n) is 4.18. The van der Waals surface area contributed by atoms with Crippen LogP contribution in [0.15, 0.2) is 17.5 Å². The van der Waals surface area contributed by atoms with Gasteiger partial charge in [-0.15, -0.1) is 11.3 Å². The SMILES string of the molecule is O=S1(=O)CCCC(O)(Cc2cccs2)C1. The summed E-state index contributed by atoms with van der Waals surface area (Å²) in [4.78, 5) is 1.05. The van der Waals surface area contributed by atoms with Crippen LogP contribution < -0.4 is 0 Å². The highest BCUT2D eigenvalue weighted by molar-refractivity contribution is 7.91. The lowest BCUT2D eigenvalue weighted by Gasteiger charge is -2.31. The Hall–Kier alpha value is -0.390. The standard InChI is InChI=1S/C10H14O3S2/c11-10(7-9-3-1-5-14-9)4-2-6-15(12,13)8-10/h1,3,5,11H,2,4,6-8H2. The molecule has 1 aromatic heterocycles. The highest BCUT2D eigenvalue weighted by Gasteiger charge is 2.37. The van der Waals surface area contributed by atoms with Crippen LogP contribution in [0.1, 0.15) is 17.7 Å². The Morgan fingerprint density at radius 1 is 1.53 bits per heavy atom. The summed E-state index contributed by atoms with van der Waals surface area (Å²) in [6, 6.07) is 3.85. The van der Waals surface area contributed by atoms with Crippen molar-refractivity contribution in [1.29, 1.82) is 0 Å². The average molecular weight is 246 g/mol. The third-order valence-corrected chi connectivity index (χ3v) is 5.43. The summed E-state index contributed by atoms with van der Waals surface area (Å²) < 4.78 is 22.9. The first-order chi connectivity index (χ1) is 6.99. The summed E-state index contributed by atoms with van der Waals surface area (Å²) in [6.45, 7) is 0. The smallest absolute Gasteiger partial charge is 0.153 e. The number of thiophene rings is 1. The van der Waals surface area contributed by atoms with Gasteiger partial charge in [-0.05, 0) is 24.3 Å². The van der Waals surface area contributed by atoms with Gasteiger partial charge in [0.1, 0.15) is 0 Å². The van der Waals surface area contributed by atoms with E-state index in [0.29, 0.717) is 19.3 Å². The van der Waals surface area contributed by atoms with Crippen molar-refractivity contribution in [3.05, 3.63) is 22.4 Å². The Balaban J connectivity index is 2.13. The van der Waals surface area contributed by atoms with Crippen molar-refractivity contribution in [2.75, 3.05) is 11.5 Å². The molecule has 2 rings (SSSR count). The summed E-state index contributed by atoms with van der Waals surface area (Å²) in [5, 5.41) is 12.1. The molecule has 0 saturated carbocycles. The molecule has 1 aliphatic heterocycles. The summed E-state index contributed by atoms with van der Waals surface area (Å²) in [6.07, 6.45) is 1.62. The fourth-order valence-electron chi connectivity index (χ4n) is 2.05. The van der Waals surface area contributed by atoms with E-state index in [2.05, 4.69) is 0 Å². The number of hydrogen-bond donors (Lipinski definition) is 1. The first-order valence-electron chi connectivity index (χ1n) is 4.94. The van der Waals surface area contributed by atoms with E-state index >= 15 is 0 Å². The quantitative estimate of drug-likeness (QED) is 0.854. The fourth-order valence-corrected chi connectivity index (χ4v) is 4.69. The molecule has 1 fully saturated rings. The summed E-state index contributed by atoms with van der Waals surface area (Å²) >= 11 is 1.56. The first-order valence-corrected chi connectivity index (χ1v) is 7.64. The maximum absolute atomic E-state index is 11.4. The van der Waals surface area contributed by atoms with Crippen LogP contribution in [-0.2, 0) is 16.3 Å². The Morgan fingerprint density at radius 2 is 2.33 bits per heavy atom. The van der Waals surface area contributed by atoms with Gasteiger partial charge < -0.3 is 5.11 Å². The predicted octanol–water partition coefficient (Wildman–Crippen LogP) is 1.23. The molecule has 1 unspecified atom stereocenters. The van der Waals surface area contributed by atoms with Gasteiger partial charge in [-0.25, -0.2) is 8.42 Å². The van der Waals surface area contributed by atoms with Crippen molar-refractivity contribution in [2.24, 2.45) is 0 Å². The summed E-state index contributed by atoms with van der Waals surface area (Å²) in [7, 11) is -3.04. The second-order valence-corrected chi connectivity index (χ2v) is 7.39. The van der Waals surface area contributed by atoms with E-state index in [1.807, 2.05) is 17.5 Å². The summed E-state index contributed by atoms with van der Waals surface area (Å²) in [5.41, 5.74) is -1.04. The van der Waals surface area contributed by atoms with E-state index in [-0.39, 0.29) is 11.5 Å². The molecule has 0 radical (unpaired) electrons. The van der Waals surface area contributed by atoms with Gasteiger partial charge in [0.2, 0.25) is 0 Å². The van der Waals surface area contributed by atoms with Crippen LogP contribution >= 0.6 is 11.3 Å². The Bertz CT molecular complexity index is 422. The lowest BCUT2D eigenvalue weighted by Crippen LogP contribution is -2.43. The Labute approximate surface area is 93.7 Å². The number of aliphatic hydroxyl groups is 1. The molecule has 0 aromatic carbocycles. The first kappa shape index (κ1) is 11.1. The number of hydrogen-bond acceptors (Lipinski definition) is 4. The van der Waals surface area contributed by atoms with Crippen molar-refractivity contribution in [3.63, 3.8) is 0 Å². The van der Waals surface area contributed by atoms with Gasteiger partial charge >= 0.3 is 0 Å². The van der Waals surface area contributed by atoms with Gasteiger partial charge in [-0.1, -0.05) is 6.07 Å². The van der Waals surface area contributed by atoms with Crippen LogP contribution in [0.4, 0.5) is 0 Å². The van der Waals surface area contributed by atoms with Crippen LogP contribution in [-0.4, -0.2) is 30.6 Å². The Kier molecular flexibility index (Phi) is 2.87. The molecule has 84 valence electrons. The van der Waals surface area contributed by atoms with E-state index in [1.165, 1.54) is 0 Å². The third-order valence-electron chi connectivity index (χ3n) is 2.67. The normalized spacial score (nSPS) is 30.2. The van der Waals surface area contributed by atoms with Crippen LogP contribution in [0.25, 0.3) is 0 Å². The molecule has 5 heteroatoms.